The van der Waals surface area contributed by atoms with Crippen LogP contribution in [0.25, 0.3) is 0 Å². The van der Waals surface area contributed by atoms with E-state index in [9.17, 15) is 14.9 Å². The highest BCUT2D eigenvalue weighted by Gasteiger charge is 2.24. The standard InChI is InChI=1S/C23H27N5O4S/c29-22(18-5-8-20(21(15-18)28(30)31)27-9-1-2-10-27)25-23(33)24-19-6-3-17(4-7-19)16-26-11-13-32-14-12-26/h3-8,15H,1-2,9-14,16H2,(H2,24,25,29,33). The molecule has 0 aliphatic carbocycles. The molecule has 9 nitrogen and oxygen atoms in total. The summed E-state index contributed by atoms with van der Waals surface area (Å²) in [6, 6.07) is 12.4. The van der Waals surface area contributed by atoms with Crippen LogP contribution in [-0.4, -0.2) is 60.2 Å². The third kappa shape index (κ3) is 6.04. The lowest BCUT2D eigenvalue weighted by atomic mass is 10.1. The van der Waals surface area contributed by atoms with Crippen LogP contribution < -0.4 is 15.5 Å². The fourth-order valence-corrected chi connectivity index (χ4v) is 4.30. The van der Waals surface area contributed by atoms with Crippen molar-refractivity contribution in [1.29, 1.82) is 0 Å². The van der Waals surface area contributed by atoms with Crippen LogP contribution in [0.3, 0.4) is 0 Å². The second-order valence-corrected chi connectivity index (χ2v) is 8.56. The van der Waals surface area contributed by atoms with Gasteiger partial charge in [-0.1, -0.05) is 12.1 Å². The van der Waals surface area contributed by atoms with Crippen molar-refractivity contribution >= 4 is 40.3 Å². The van der Waals surface area contributed by atoms with E-state index in [0.29, 0.717) is 5.69 Å². The molecule has 0 bridgehead atoms. The fraction of sp³-hybridized carbons (Fsp3) is 0.391. The van der Waals surface area contributed by atoms with Crippen molar-refractivity contribution in [2.45, 2.75) is 19.4 Å². The first kappa shape index (κ1) is 23.1. The molecule has 2 heterocycles. The second kappa shape index (κ2) is 10.7. The van der Waals surface area contributed by atoms with Gasteiger partial charge in [-0.25, -0.2) is 0 Å². The monoisotopic (exact) mass is 469 g/mol. The van der Waals surface area contributed by atoms with Gasteiger partial charge in [0.1, 0.15) is 5.69 Å². The van der Waals surface area contributed by atoms with Gasteiger partial charge in [0, 0.05) is 50.0 Å². The summed E-state index contributed by atoms with van der Waals surface area (Å²) in [4.78, 5) is 28.1. The zero-order chi connectivity index (χ0) is 23.2. The average Bonchev–Trinajstić information content (AvgIpc) is 3.35. The van der Waals surface area contributed by atoms with Crippen LogP contribution in [0.5, 0.6) is 0 Å². The number of morpholine rings is 1. The molecule has 2 fully saturated rings. The molecular weight excluding hydrogens is 442 g/mol. The number of carbonyl (C=O) groups is 1. The van der Waals surface area contributed by atoms with E-state index in [0.717, 1.165) is 64.5 Å². The molecule has 1 amide bonds. The van der Waals surface area contributed by atoms with E-state index in [4.69, 9.17) is 17.0 Å². The van der Waals surface area contributed by atoms with Crippen LogP contribution in [0, 0.1) is 10.1 Å². The number of hydrogen-bond acceptors (Lipinski definition) is 7. The quantitative estimate of drug-likeness (QED) is 0.378. The lowest BCUT2D eigenvalue weighted by Gasteiger charge is -2.26. The predicted octanol–water partition coefficient (Wildman–Crippen LogP) is 3.15. The van der Waals surface area contributed by atoms with E-state index in [1.807, 2.05) is 29.2 Å². The Morgan fingerprint density at radius 3 is 2.42 bits per heavy atom. The molecule has 0 atom stereocenters. The van der Waals surface area contributed by atoms with Crippen molar-refractivity contribution in [2.75, 3.05) is 49.6 Å². The van der Waals surface area contributed by atoms with Crippen molar-refractivity contribution in [1.82, 2.24) is 10.2 Å². The molecule has 2 saturated heterocycles. The molecule has 0 saturated carbocycles. The molecular formula is C23H27N5O4S. The molecule has 2 aromatic rings. The second-order valence-electron chi connectivity index (χ2n) is 8.15. The van der Waals surface area contributed by atoms with Gasteiger partial charge in [0.2, 0.25) is 0 Å². The average molecular weight is 470 g/mol. The number of nitrogens with one attached hydrogen (secondary N) is 2. The highest BCUT2D eigenvalue weighted by Crippen LogP contribution is 2.31. The summed E-state index contributed by atoms with van der Waals surface area (Å²) in [5.74, 6) is -0.493. The summed E-state index contributed by atoms with van der Waals surface area (Å²) in [7, 11) is 0. The van der Waals surface area contributed by atoms with E-state index < -0.39 is 10.8 Å². The Hall–Kier alpha value is -3.08. The number of thiocarbonyl (C=S) groups is 1. The number of amides is 1. The fourth-order valence-electron chi connectivity index (χ4n) is 4.08. The minimum Gasteiger partial charge on any atom is -0.379 e. The molecule has 33 heavy (non-hydrogen) atoms. The molecule has 2 N–H and O–H groups in total. The van der Waals surface area contributed by atoms with Gasteiger partial charge in [0.15, 0.2) is 5.11 Å². The first-order valence-electron chi connectivity index (χ1n) is 11.0. The number of nitrogens with zero attached hydrogens (tertiary/aromatic N) is 3. The maximum absolute atomic E-state index is 12.6. The number of ether oxygens (including phenoxy) is 1. The molecule has 0 unspecified atom stereocenters. The van der Waals surface area contributed by atoms with Crippen molar-refractivity contribution < 1.29 is 14.5 Å². The van der Waals surface area contributed by atoms with Gasteiger partial charge < -0.3 is 15.0 Å². The van der Waals surface area contributed by atoms with Crippen LogP contribution in [0.1, 0.15) is 28.8 Å². The highest BCUT2D eigenvalue weighted by molar-refractivity contribution is 7.80. The number of rotatable bonds is 6. The highest BCUT2D eigenvalue weighted by atomic mass is 32.1. The van der Waals surface area contributed by atoms with Crippen LogP contribution in [0.15, 0.2) is 42.5 Å². The first-order chi connectivity index (χ1) is 16.0. The SMILES string of the molecule is O=C(NC(=S)Nc1ccc(CN2CCOCC2)cc1)c1ccc(N2CCCC2)c([N+](=O)[O-])c1. The lowest BCUT2D eigenvalue weighted by Crippen LogP contribution is -2.35. The molecule has 0 aromatic heterocycles. The van der Waals surface area contributed by atoms with Crippen LogP contribution in [0.4, 0.5) is 17.1 Å². The number of hydrogen-bond donors (Lipinski definition) is 2. The number of nitro benzene ring substituents is 1. The zero-order valence-electron chi connectivity index (χ0n) is 18.3. The van der Waals surface area contributed by atoms with E-state index in [1.54, 1.807) is 12.1 Å². The van der Waals surface area contributed by atoms with E-state index in [-0.39, 0.29) is 16.4 Å². The topological polar surface area (TPSA) is 100.0 Å². The Morgan fingerprint density at radius 1 is 1.06 bits per heavy atom. The molecule has 0 spiro atoms. The first-order valence-corrected chi connectivity index (χ1v) is 11.5. The molecule has 2 aromatic carbocycles. The third-order valence-electron chi connectivity index (χ3n) is 5.83. The van der Waals surface area contributed by atoms with Gasteiger partial charge in [-0.3, -0.25) is 25.1 Å². The molecule has 10 heteroatoms. The Kier molecular flexibility index (Phi) is 7.48. The van der Waals surface area contributed by atoms with E-state index in [1.165, 1.54) is 11.6 Å². The van der Waals surface area contributed by atoms with Gasteiger partial charge >= 0.3 is 0 Å². The van der Waals surface area contributed by atoms with Crippen molar-refractivity contribution in [3.63, 3.8) is 0 Å². The van der Waals surface area contributed by atoms with Gasteiger partial charge in [0.25, 0.3) is 11.6 Å². The molecule has 0 radical (unpaired) electrons. The number of nitro groups is 1. The number of carbonyl (C=O) groups excluding carboxylic acids is 1. The molecule has 2 aliphatic rings. The predicted molar refractivity (Wildman–Crippen MR) is 131 cm³/mol. The maximum atomic E-state index is 12.6. The van der Waals surface area contributed by atoms with Crippen molar-refractivity contribution in [2.24, 2.45) is 0 Å². The molecule has 4 rings (SSSR count). The van der Waals surface area contributed by atoms with Gasteiger partial charge in [-0.15, -0.1) is 0 Å². The van der Waals surface area contributed by atoms with E-state index >= 15 is 0 Å². The Bertz CT molecular complexity index is 1020. The normalized spacial score (nSPS) is 16.4. The van der Waals surface area contributed by atoms with Crippen LogP contribution >= 0.6 is 12.2 Å². The molecule has 174 valence electrons. The van der Waals surface area contributed by atoms with E-state index in [2.05, 4.69) is 15.5 Å². The number of anilines is 2. The van der Waals surface area contributed by atoms with Crippen molar-refractivity contribution in [3.05, 3.63) is 63.7 Å². The summed E-state index contributed by atoms with van der Waals surface area (Å²) < 4.78 is 5.38. The van der Waals surface area contributed by atoms with Crippen LogP contribution in [0.2, 0.25) is 0 Å². The summed E-state index contributed by atoms with van der Waals surface area (Å²) in [5, 5.41) is 17.3. The maximum Gasteiger partial charge on any atom is 0.293 e. The van der Waals surface area contributed by atoms with Gasteiger partial charge in [0.05, 0.1) is 18.1 Å². The summed E-state index contributed by atoms with van der Waals surface area (Å²) in [5.41, 5.74) is 2.60. The van der Waals surface area contributed by atoms with Crippen LogP contribution in [-0.2, 0) is 11.3 Å². The van der Waals surface area contributed by atoms with Crippen molar-refractivity contribution in [3.8, 4) is 0 Å². The largest absolute Gasteiger partial charge is 0.379 e. The Labute approximate surface area is 197 Å². The van der Waals surface area contributed by atoms with Gasteiger partial charge in [-0.05, 0) is 54.9 Å². The Balaban J connectivity index is 1.34. The zero-order valence-corrected chi connectivity index (χ0v) is 19.1. The summed E-state index contributed by atoms with van der Waals surface area (Å²) >= 11 is 5.27. The minimum atomic E-state index is -0.493. The smallest absolute Gasteiger partial charge is 0.293 e. The lowest BCUT2D eigenvalue weighted by molar-refractivity contribution is -0.384. The Morgan fingerprint density at radius 2 is 1.76 bits per heavy atom. The minimum absolute atomic E-state index is 0.0701. The summed E-state index contributed by atoms with van der Waals surface area (Å²) in [6.45, 7) is 5.80. The number of benzene rings is 2. The van der Waals surface area contributed by atoms with Gasteiger partial charge in [-0.2, -0.15) is 0 Å². The molecule has 2 aliphatic heterocycles. The summed E-state index contributed by atoms with van der Waals surface area (Å²) in [6.07, 6.45) is 2.01. The third-order valence-corrected chi connectivity index (χ3v) is 6.03.